The topological polar surface area (TPSA) is 39.2 Å². The quantitative estimate of drug-likeness (QED) is 0.478. The summed E-state index contributed by atoms with van der Waals surface area (Å²) in [6.45, 7) is 1.80. The first-order valence-corrected chi connectivity index (χ1v) is 8.31. The molecule has 23 heavy (non-hydrogen) atoms. The number of carbonyl (C=O) groups is 1. The standard InChI is InChI=1S/C18H14ClNO2S/c1-12(13-6-2-3-7-14(13)19)22-18(21)11-10-17-20-15-8-4-5-9-16(15)23-17/h2-12H,1H3/b11-10+/t12-/m0/s1. The van der Waals surface area contributed by atoms with Gasteiger partial charge >= 0.3 is 5.97 Å². The summed E-state index contributed by atoms with van der Waals surface area (Å²) in [7, 11) is 0. The van der Waals surface area contributed by atoms with E-state index in [1.807, 2.05) is 42.5 Å². The van der Waals surface area contributed by atoms with E-state index in [4.69, 9.17) is 16.3 Å². The zero-order chi connectivity index (χ0) is 16.2. The third kappa shape index (κ3) is 3.78. The first-order valence-electron chi connectivity index (χ1n) is 7.12. The molecule has 0 aliphatic rings. The highest BCUT2D eigenvalue weighted by Gasteiger charge is 2.12. The molecule has 2 aromatic carbocycles. The number of ether oxygens (including phenoxy) is 1. The lowest BCUT2D eigenvalue weighted by Gasteiger charge is -2.13. The van der Waals surface area contributed by atoms with Gasteiger partial charge in [-0.25, -0.2) is 9.78 Å². The monoisotopic (exact) mass is 343 g/mol. The van der Waals surface area contributed by atoms with Crippen LogP contribution in [0.1, 0.15) is 23.6 Å². The maximum atomic E-state index is 12.0. The molecule has 3 rings (SSSR count). The number of hydrogen-bond acceptors (Lipinski definition) is 4. The maximum absolute atomic E-state index is 12.0. The number of para-hydroxylation sites is 1. The molecule has 0 amide bonds. The van der Waals surface area contributed by atoms with Gasteiger partial charge in [0.05, 0.1) is 10.2 Å². The van der Waals surface area contributed by atoms with Crippen molar-refractivity contribution in [3.8, 4) is 0 Å². The summed E-state index contributed by atoms with van der Waals surface area (Å²) in [5.41, 5.74) is 1.71. The van der Waals surface area contributed by atoms with Crippen LogP contribution in [0, 0.1) is 0 Å². The van der Waals surface area contributed by atoms with Crippen LogP contribution >= 0.6 is 22.9 Å². The van der Waals surface area contributed by atoms with Crippen molar-refractivity contribution in [3.05, 3.63) is 70.2 Å². The lowest BCUT2D eigenvalue weighted by Crippen LogP contribution is -2.06. The average molecular weight is 344 g/mol. The van der Waals surface area contributed by atoms with Gasteiger partial charge < -0.3 is 4.74 Å². The molecule has 0 N–H and O–H groups in total. The third-order valence-corrected chi connectivity index (χ3v) is 4.65. The summed E-state index contributed by atoms with van der Waals surface area (Å²) in [6.07, 6.45) is 2.66. The molecular formula is C18H14ClNO2S. The summed E-state index contributed by atoms with van der Waals surface area (Å²) in [6, 6.07) is 15.2. The molecule has 0 aliphatic carbocycles. The molecule has 3 nitrogen and oxygen atoms in total. The van der Waals surface area contributed by atoms with E-state index >= 15 is 0 Å². The van der Waals surface area contributed by atoms with Crippen molar-refractivity contribution in [2.24, 2.45) is 0 Å². The molecule has 0 aliphatic heterocycles. The number of rotatable bonds is 4. The Bertz CT molecular complexity index is 839. The predicted octanol–water partition coefficient (Wildman–Crippen LogP) is 5.27. The highest BCUT2D eigenvalue weighted by atomic mass is 35.5. The Labute approximate surface area is 143 Å². The number of fused-ring (bicyclic) bond motifs is 1. The van der Waals surface area contributed by atoms with E-state index < -0.39 is 12.1 Å². The molecule has 0 bridgehead atoms. The Morgan fingerprint density at radius 2 is 1.96 bits per heavy atom. The fourth-order valence-electron chi connectivity index (χ4n) is 2.18. The van der Waals surface area contributed by atoms with Crippen molar-refractivity contribution in [3.63, 3.8) is 0 Å². The molecule has 0 saturated carbocycles. The van der Waals surface area contributed by atoms with Crippen molar-refractivity contribution in [1.29, 1.82) is 0 Å². The Morgan fingerprint density at radius 3 is 2.74 bits per heavy atom. The molecule has 0 unspecified atom stereocenters. The molecule has 116 valence electrons. The van der Waals surface area contributed by atoms with Crippen molar-refractivity contribution >= 4 is 45.2 Å². The van der Waals surface area contributed by atoms with E-state index in [-0.39, 0.29) is 0 Å². The highest BCUT2D eigenvalue weighted by molar-refractivity contribution is 7.19. The van der Waals surface area contributed by atoms with Gasteiger partial charge in [-0.3, -0.25) is 0 Å². The zero-order valence-corrected chi connectivity index (χ0v) is 14.0. The fourth-order valence-corrected chi connectivity index (χ4v) is 3.34. The van der Waals surface area contributed by atoms with Crippen molar-refractivity contribution in [2.75, 3.05) is 0 Å². The van der Waals surface area contributed by atoms with Crippen LogP contribution in [0.25, 0.3) is 16.3 Å². The summed E-state index contributed by atoms with van der Waals surface area (Å²) in [4.78, 5) is 16.4. The minimum absolute atomic E-state index is 0.406. The summed E-state index contributed by atoms with van der Waals surface area (Å²) < 4.78 is 6.47. The molecule has 0 fully saturated rings. The smallest absolute Gasteiger partial charge is 0.331 e. The van der Waals surface area contributed by atoms with Gasteiger partial charge in [0.1, 0.15) is 11.1 Å². The predicted molar refractivity (Wildman–Crippen MR) is 94.6 cm³/mol. The lowest BCUT2D eigenvalue weighted by atomic mass is 10.1. The van der Waals surface area contributed by atoms with Gasteiger partial charge in [0.15, 0.2) is 0 Å². The van der Waals surface area contributed by atoms with Gasteiger partial charge in [0, 0.05) is 16.7 Å². The van der Waals surface area contributed by atoms with Crippen molar-refractivity contribution in [1.82, 2.24) is 4.98 Å². The number of hydrogen-bond donors (Lipinski definition) is 0. The van der Waals surface area contributed by atoms with Crippen LogP contribution in [0.15, 0.2) is 54.6 Å². The van der Waals surface area contributed by atoms with E-state index in [2.05, 4.69) is 4.98 Å². The first-order chi connectivity index (χ1) is 11.1. The molecule has 5 heteroatoms. The Balaban J connectivity index is 1.68. The minimum Gasteiger partial charge on any atom is -0.455 e. The van der Waals surface area contributed by atoms with Gasteiger partial charge in [0.25, 0.3) is 0 Å². The molecule has 3 aromatic rings. The van der Waals surface area contributed by atoms with Gasteiger partial charge in [-0.15, -0.1) is 11.3 Å². The number of aromatic nitrogens is 1. The van der Waals surface area contributed by atoms with Crippen molar-refractivity contribution in [2.45, 2.75) is 13.0 Å². The van der Waals surface area contributed by atoms with E-state index in [1.54, 1.807) is 19.1 Å². The van der Waals surface area contributed by atoms with Crippen LogP contribution in [-0.4, -0.2) is 11.0 Å². The summed E-state index contributed by atoms with van der Waals surface area (Å²) in [5, 5.41) is 1.36. The molecule has 0 spiro atoms. The summed E-state index contributed by atoms with van der Waals surface area (Å²) >= 11 is 7.63. The van der Waals surface area contributed by atoms with Crippen molar-refractivity contribution < 1.29 is 9.53 Å². The molecule has 1 heterocycles. The van der Waals surface area contributed by atoms with Crippen LogP contribution in [-0.2, 0) is 9.53 Å². The van der Waals surface area contributed by atoms with Crippen LogP contribution < -0.4 is 0 Å². The molecule has 1 aromatic heterocycles. The number of carbonyl (C=O) groups excluding carboxylic acids is 1. The van der Waals surface area contributed by atoms with Gasteiger partial charge in [-0.05, 0) is 31.2 Å². The largest absolute Gasteiger partial charge is 0.455 e. The maximum Gasteiger partial charge on any atom is 0.331 e. The lowest BCUT2D eigenvalue weighted by molar-refractivity contribution is -0.142. The average Bonchev–Trinajstić information content (AvgIpc) is 2.96. The van der Waals surface area contributed by atoms with Gasteiger partial charge in [0.2, 0.25) is 0 Å². The number of esters is 1. The molecule has 1 atom stereocenters. The van der Waals surface area contributed by atoms with Crippen LogP contribution in [0.3, 0.4) is 0 Å². The summed E-state index contributed by atoms with van der Waals surface area (Å²) in [5.74, 6) is -0.420. The SMILES string of the molecule is C[C@H](OC(=O)/C=C/c1nc2ccccc2s1)c1ccccc1Cl. The third-order valence-electron chi connectivity index (χ3n) is 3.31. The van der Waals surface area contributed by atoms with Crippen LogP contribution in [0.2, 0.25) is 5.02 Å². The number of halogens is 1. The normalized spacial score (nSPS) is 12.6. The molecule has 0 saturated heterocycles. The second kappa shape index (κ2) is 6.94. The van der Waals surface area contributed by atoms with E-state index in [1.165, 1.54) is 17.4 Å². The van der Waals surface area contributed by atoms with Crippen LogP contribution in [0.5, 0.6) is 0 Å². The van der Waals surface area contributed by atoms with Gasteiger partial charge in [-0.2, -0.15) is 0 Å². The Morgan fingerprint density at radius 1 is 1.22 bits per heavy atom. The van der Waals surface area contributed by atoms with E-state index in [0.717, 1.165) is 20.8 Å². The molecule has 0 radical (unpaired) electrons. The Hall–Kier alpha value is -2.17. The highest BCUT2D eigenvalue weighted by Crippen LogP contribution is 2.25. The number of benzene rings is 2. The fraction of sp³-hybridized carbons (Fsp3) is 0.111. The second-order valence-corrected chi connectivity index (χ2v) is 6.42. The van der Waals surface area contributed by atoms with Gasteiger partial charge in [-0.1, -0.05) is 41.9 Å². The minimum atomic E-state index is -0.420. The first kappa shape index (κ1) is 15.7. The van der Waals surface area contributed by atoms with E-state index in [0.29, 0.717) is 5.02 Å². The number of nitrogens with zero attached hydrogens (tertiary/aromatic N) is 1. The molecular weight excluding hydrogens is 330 g/mol. The second-order valence-electron chi connectivity index (χ2n) is 4.95. The number of thiazole rings is 1. The zero-order valence-electron chi connectivity index (χ0n) is 12.4. The van der Waals surface area contributed by atoms with Crippen LogP contribution in [0.4, 0.5) is 0 Å². The van der Waals surface area contributed by atoms with E-state index in [9.17, 15) is 4.79 Å². The Kier molecular flexibility index (Phi) is 4.74.